The molecule has 0 aliphatic heterocycles. The lowest BCUT2D eigenvalue weighted by atomic mass is 10.2. The van der Waals surface area contributed by atoms with Crippen molar-refractivity contribution < 1.29 is 4.42 Å². The van der Waals surface area contributed by atoms with Gasteiger partial charge >= 0.3 is 0 Å². The van der Waals surface area contributed by atoms with E-state index >= 15 is 0 Å². The zero-order chi connectivity index (χ0) is 13.2. The van der Waals surface area contributed by atoms with Crippen LogP contribution in [0.4, 0.5) is 5.13 Å². The first kappa shape index (κ1) is 12.7. The first-order valence-corrected chi connectivity index (χ1v) is 7.59. The molecule has 0 saturated heterocycles. The van der Waals surface area contributed by atoms with Gasteiger partial charge < -0.3 is 9.73 Å². The van der Waals surface area contributed by atoms with E-state index in [0.717, 1.165) is 25.1 Å². The molecule has 1 unspecified atom stereocenters. The van der Waals surface area contributed by atoms with Crippen molar-refractivity contribution in [1.29, 1.82) is 0 Å². The number of nitrogens with one attached hydrogen (secondary N) is 1. The summed E-state index contributed by atoms with van der Waals surface area (Å²) >= 11 is 9.04. The molecule has 3 rings (SSSR count). The Morgan fingerprint density at radius 3 is 2.74 bits per heavy atom. The molecular weight excluding hydrogens is 302 g/mol. The average molecular weight is 312 g/mol. The van der Waals surface area contributed by atoms with Gasteiger partial charge in [-0.25, -0.2) is 0 Å². The number of anilines is 1. The number of halogens is 1. The van der Waals surface area contributed by atoms with Crippen LogP contribution in [0, 0.1) is 6.92 Å². The Morgan fingerprint density at radius 2 is 2.16 bits per heavy atom. The van der Waals surface area contributed by atoms with Crippen LogP contribution in [0.1, 0.15) is 21.7 Å². The summed E-state index contributed by atoms with van der Waals surface area (Å²) in [6.07, 6.45) is 1.66. The lowest BCUT2D eigenvalue weighted by molar-refractivity contribution is 0.500. The van der Waals surface area contributed by atoms with Crippen molar-refractivity contribution in [2.45, 2.75) is 13.0 Å². The van der Waals surface area contributed by atoms with E-state index in [2.05, 4.69) is 15.5 Å². The van der Waals surface area contributed by atoms with Crippen molar-refractivity contribution >= 4 is 39.4 Å². The molecule has 0 aliphatic rings. The van der Waals surface area contributed by atoms with E-state index in [0.29, 0.717) is 0 Å². The van der Waals surface area contributed by atoms with Gasteiger partial charge in [-0.1, -0.05) is 22.9 Å². The summed E-state index contributed by atoms with van der Waals surface area (Å²) in [5.41, 5.74) is 0. The van der Waals surface area contributed by atoms with E-state index < -0.39 is 0 Å². The van der Waals surface area contributed by atoms with Gasteiger partial charge in [0.05, 0.1) is 10.6 Å². The lowest BCUT2D eigenvalue weighted by Gasteiger charge is -2.13. The van der Waals surface area contributed by atoms with Crippen LogP contribution in [-0.2, 0) is 0 Å². The fourth-order valence-electron chi connectivity index (χ4n) is 1.70. The Bertz CT molecular complexity index is 662. The van der Waals surface area contributed by atoms with Crippen LogP contribution in [0.2, 0.25) is 4.34 Å². The van der Waals surface area contributed by atoms with E-state index in [-0.39, 0.29) is 6.04 Å². The molecule has 0 bridgehead atoms. The third-order valence-corrected chi connectivity index (χ3v) is 4.57. The summed E-state index contributed by atoms with van der Waals surface area (Å²) in [4.78, 5) is 1.08. The Kier molecular flexibility index (Phi) is 3.54. The van der Waals surface area contributed by atoms with Crippen molar-refractivity contribution in [3.63, 3.8) is 0 Å². The minimum Gasteiger partial charge on any atom is -0.467 e. The summed E-state index contributed by atoms with van der Waals surface area (Å²) in [5, 5.41) is 13.1. The van der Waals surface area contributed by atoms with Crippen molar-refractivity contribution in [3.05, 3.63) is 50.5 Å². The number of aromatic nitrogens is 2. The molecule has 0 fully saturated rings. The van der Waals surface area contributed by atoms with Crippen molar-refractivity contribution in [2.24, 2.45) is 0 Å². The van der Waals surface area contributed by atoms with Gasteiger partial charge in [-0.3, -0.25) is 0 Å². The number of furan rings is 1. The average Bonchev–Trinajstić information content (AvgIpc) is 3.08. The minimum atomic E-state index is -0.0974. The second-order valence-corrected chi connectivity index (χ2v) is 6.79. The molecule has 98 valence electrons. The number of nitrogens with zero attached hydrogens (tertiary/aromatic N) is 2. The summed E-state index contributed by atoms with van der Waals surface area (Å²) in [6.45, 7) is 1.92. The molecule has 3 aromatic heterocycles. The first-order chi connectivity index (χ1) is 9.22. The highest BCUT2D eigenvalue weighted by Gasteiger charge is 2.20. The maximum absolute atomic E-state index is 6.01. The van der Waals surface area contributed by atoms with Crippen LogP contribution in [-0.4, -0.2) is 10.2 Å². The number of rotatable bonds is 4. The highest BCUT2D eigenvalue weighted by atomic mass is 35.5. The van der Waals surface area contributed by atoms with Crippen LogP contribution in [0.15, 0.2) is 34.9 Å². The summed E-state index contributed by atoms with van der Waals surface area (Å²) < 4.78 is 6.25. The van der Waals surface area contributed by atoms with Gasteiger partial charge in [0.1, 0.15) is 16.8 Å². The Morgan fingerprint density at radius 1 is 1.26 bits per heavy atom. The lowest BCUT2D eigenvalue weighted by Crippen LogP contribution is -2.09. The monoisotopic (exact) mass is 311 g/mol. The quantitative estimate of drug-likeness (QED) is 0.778. The van der Waals surface area contributed by atoms with Gasteiger partial charge in [0, 0.05) is 4.88 Å². The summed E-state index contributed by atoms with van der Waals surface area (Å²) in [6, 6.07) is 7.56. The second kappa shape index (κ2) is 5.32. The van der Waals surface area contributed by atoms with Gasteiger partial charge in [0.25, 0.3) is 0 Å². The van der Waals surface area contributed by atoms with Crippen molar-refractivity contribution in [1.82, 2.24) is 10.2 Å². The standard InChI is InChI=1S/C12H10ClN3OS2/c1-7-15-16-12(18-7)14-11(8-3-2-6-17-8)9-4-5-10(13)19-9/h2-6,11H,1H3,(H,14,16). The molecule has 7 heteroatoms. The van der Waals surface area contributed by atoms with E-state index in [1.807, 2.05) is 31.2 Å². The van der Waals surface area contributed by atoms with Crippen LogP contribution >= 0.6 is 34.3 Å². The fourth-order valence-corrected chi connectivity index (χ4v) is 3.44. The topological polar surface area (TPSA) is 51.0 Å². The van der Waals surface area contributed by atoms with Gasteiger partial charge in [-0.05, 0) is 31.2 Å². The minimum absolute atomic E-state index is 0.0974. The van der Waals surface area contributed by atoms with Gasteiger partial charge in [-0.2, -0.15) is 0 Å². The SMILES string of the molecule is Cc1nnc(NC(c2ccco2)c2ccc(Cl)s2)s1. The van der Waals surface area contributed by atoms with Crippen molar-refractivity contribution in [2.75, 3.05) is 5.32 Å². The maximum Gasteiger partial charge on any atom is 0.206 e. The predicted molar refractivity (Wildman–Crippen MR) is 78.1 cm³/mol. The largest absolute Gasteiger partial charge is 0.467 e. The molecule has 1 atom stereocenters. The molecular formula is C12H10ClN3OS2. The molecule has 0 aromatic carbocycles. The molecule has 0 radical (unpaired) electrons. The third-order valence-electron chi connectivity index (χ3n) is 2.50. The third kappa shape index (κ3) is 2.80. The second-order valence-electron chi connectivity index (χ2n) is 3.86. The number of hydrogen-bond donors (Lipinski definition) is 1. The van der Waals surface area contributed by atoms with Crippen LogP contribution < -0.4 is 5.32 Å². The summed E-state index contributed by atoms with van der Waals surface area (Å²) in [5.74, 6) is 0.825. The van der Waals surface area contributed by atoms with Crippen LogP contribution in [0.25, 0.3) is 0 Å². The molecule has 3 aromatic rings. The van der Waals surface area contributed by atoms with E-state index in [1.54, 1.807) is 6.26 Å². The van der Waals surface area contributed by atoms with Gasteiger partial charge in [0.15, 0.2) is 0 Å². The molecule has 0 amide bonds. The number of thiophene rings is 1. The van der Waals surface area contributed by atoms with E-state index in [9.17, 15) is 0 Å². The highest BCUT2D eigenvalue weighted by Crippen LogP contribution is 2.34. The van der Waals surface area contributed by atoms with E-state index in [1.165, 1.54) is 22.7 Å². The van der Waals surface area contributed by atoms with Crippen LogP contribution in [0.5, 0.6) is 0 Å². The van der Waals surface area contributed by atoms with E-state index in [4.69, 9.17) is 16.0 Å². The zero-order valence-corrected chi connectivity index (χ0v) is 12.4. The Balaban J connectivity index is 1.93. The predicted octanol–water partition coefficient (Wildman–Crippen LogP) is 4.36. The fraction of sp³-hybridized carbons (Fsp3) is 0.167. The molecule has 0 saturated carbocycles. The molecule has 1 N–H and O–H groups in total. The Hall–Kier alpha value is -1.37. The summed E-state index contributed by atoms with van der Waals surface area (Å²) in [7, 11) is 0. The van der Waals surface area contributed by atoms with Crippen LogP contribution in [0.3, 0.4) is 0 Å². The molecule has 4 nitrogen and oxygen atoms in total. The smallest absolute Gasteiger partial charge is 0.206 e. The van der Waals surface area contributed by atoms with Gasteiger partial charge in [0.2, 0.25) is 5.13 Å². The van der Waals surface area contributed by atoms with Crippen molar-refractivity contribution in [3.8, 4) is 0 Å². The molecule has 19 heavy (non-hydrogen) atoms. The number of aryl methyl sites for hydroxylation is 1. The zero-order valence-electron chi connectivity index (χ0n) is 9.96. The molecule has 3 heterocycles. The van der Waals surface area contributed by atoms with Gasteiger partial charge in [-0.15, -0.1) is 21.5 Å². The molecule has 0 aliphatic carbocycles. The number of hydrogen-bond acceptors (Lipinski definition) is 6. The molecule has 0 spiro atoms. The Labute approximate surface area is 123 Å². The first-order valence-electron chi connectivity index (χ1n) is 5.57. The highest BCUT2D eigenvalue weighted by molar-refractivity contribution is 7.16. The normalized spacial score (nSPS) is 12.5. The maximum atomic E-state index is 6.01.